The van der Waals surface area contributed by atoms with Gasteiger partial charge < -0.3 is 5.32 Å². The van der Waals surface area contributed by atoms with E-state index in [9.17, 15) is 18.0 Å². The lowest BCUT2D eigenvalue weighted by molar-refractivity contribution is -0.123. The van der Waals surface area contributed by atoms with Crippen molar-refractivity contribution >= 4 is 61.6 Å². The number of nitrogens with one attached hydrogen (secondary N) is 1. The molecule has 2 aromatic rings. The van der Waals surface area contributed by atoms with Crippen LogP contribution < -0.4 is 10.9 Å². The minimum Gasteiger partial charge on any atom is -0.369 e. The van der Waals surface area contributed by atoms with Gasteiger partial charge >= 0.3 is 0 Å². The number of carbonyl (C=O) groups excluding carboxylic acids is 1. The number of anilines is 1. The van der Waals surface area contributed by atoms with Gasteiger partial charge in [-0.2, -0.15) is 0 Å². The maximum absolute atomic E-state index is 13.4. The van der Waals surface area contributed by atoms with Crippen molar-refractivity contribution in [2.75, 3.05) is 23.4 Å². The van der Waals surface area contributed by atoms with Crippen molar-refractivity contribution in [1.29, 1.82) is 0 Å². The van der Waals surface area contributed by atoms with Crippen LogP contribution in [0, 0.1) is 6.92 Å². The summed E-state index contributed by atoms with van der Waals surface area (Å²) in [5.41, 5.74) is 1.44. The number of aromatic nitrogens is 2. The van der Waals surface area contributed by atoms with Crippen molar-refractivity contribution in [3.63, 3.8) is 0 Å². The summed E-state index contributed by atoms with van der Waals surface area (Å²) in [5.74, 6) is 0.0325. The zero-order chi connectivity index (χ0) is 24.5. The fourth-order valence-electron chi connectivity index (χ4n) is 4.19. The Morgan fingerprint density at radius 2 is 2.06 bits per heavy atom. The van der Waals surface area contributed by atoms with Crippen LogP contribution in [0.4, 0.5) is 5.82 Å². The number of thiocarbonyl (C=S) groups is 1. The molecule has 1 amide bonds. The molecule has 4 heterocycles. The molecular formula is C23H28N4O4S3. The molecule has 0 aromatic carbocycles. The maximum atomic E-state index is 13.4. The van der Waals surface area contributed by atoms with Gasteiger partial charge in [0.05, 0.1) is 28.0 Å². The standard InChI is InChI=1S/C23H28N4O4S3/c1-3-4-5-6-10-24-20-17(21(28)26-13-15(2)7-8-19(26)25-20)12-18-22(29)27(23(32)33-18)16-9-11-34(30,31)14-16/h7-8,12-13,16,24H,3-6,9-11,14H2,1-2H3. The SMILES string of the molecule is CCCCCCNc1nc2ccc(C)cn2c(=O)c1C=C1SC(=S)N(C2CCS(=O)(=O)C2)C1=O. The average molecular weight is 521 g/mol. The van der Waals surface area contributed by atoms with Gasteiger partial charge in [0, 0.05) is 12.7 Å². The number of sulfone groups is 1. The highest BCUT2D eigenvalue weighted by molar-refractivity contribution is 8.26. The molecule has 2 aliphatic heterocycles. The van der Waals surface area contributed by atoms with E-state index < -0.39 is 15.9 Å². The van der Waals surface area contributed by atoms with E-state index in [1.54, 1.807) is 18.3 Å². The first kappa shape index (κ1) is 24.9. The minimum atomic E-state index is -3.17. The van der Waals surface area contributed by atoms with Gasteiger partial charge in [0.25, 0.3) is 11.5 Å². The number of aryl methyl sites for hydroxylation is 1. The summed E-state index contributed by atoms with van der Waals surface area (Å²) in [4.78, 5) is 33.0. The van der Waals surface area contributed by atoms with Crippen molar-refractivity contribution in [2.45, 2.75) is 52.0 Å². The third-order valence-corrected chi connectivity index (χ3v) is 9.08. The molecule has 2 saturated heterocycles. The highest BCUT2D eigenvalue weighted by Crippen LogP contribution is 2.36. The topological polar surface area (TPSA) is 101 Å². The molecule has 8 nitrogen and oxygen atoms in total. The molecule has 0 aliphatic carbocycles. The Morgan fingerprint density at radius 3 is 2.76 bits per heavy atom. The predicted octanol–water partition coefficient (Wildman–Crippen LogP) is 3.38. The van der Waals surface area contributed by atoms with Crippen LogP contribution >= 0.6 is 24.0 Å². The number of thioether (sulfide) groups is 1. The van der Waals surface area contributed by atoms with Crippen LogP contribution in [-0.2, 0) is 14.6 Å². The lowest BCUT2D eigenvalue weighted by Gasteiger charge is -2.20. The van der Waals surface area contributed by atoms with Gasteiger partial charge in [-0.15, -0.1) is 0 Å². The fourth-order valence-corrected chi connectivity index (χ4v) is 7.27. The molecule has 1 atom stereocenters. The first-order valence-electron chi connectivity index (χ1n) is 11.4. The Kier molecular flexibility index (Phi) is 7.44. The van der Waals surface area contributed by atoms with Crippen molar-refractivity contribution < 1.29 is 13.2 Å². The van der Waals surface area contributed by atoms with Gasteiger partial charge in [0.15, 0.2) is 9.84 Å². The number of fused-ring (bicyclic) bond motifs is 1. The molecule has 0 bridgehead atoms. The van der Waals surface area contributed by atoms with Crippen LogP contribution in [0.5, 0.6) is 0 Å². The molecule has 0 radical (unpaired) electrons. The van der Waals surface area contributed by atoms with Crippen LogP contribution in [-0.4, -0.2) is 57.0 Å². The molecular weight excluding hydrogens is 492 g/mol. The third-order valence-electron chi connectivity index (χ3n) is 6.00. The highest BCUT2D eigenvalue weighted by atomic mass is 32.2. The summed E-state index contributed by atoms with van der Waals surface area (Å²) in [6.45, 7) is 4.71. The highest BCUT2D eigenvalue weighted by Gasteiger charge is 2.42. The Labute approximate surface area is 208 Å². The van der Waals surface area contributed by atoms with Crippen LogP contribution in [0.3, 0.4) is 0 Å². The number of carbonyl (C=O) groups is 1. The Balaban J connectivity index is 1.70. The molecule has 2 fully saturated rings. The van der Waals surface area contributed by atoms with E-state index in [2.05, 4.69) is 17.2 Å². The van der Waals surface area contributed by atoms with Gasteiger partial charge in [-0.3, -0.25) is 18.9 Å². The lowest BCUT2D eigenvalue weighted by atomic mass is 10.2. The van der Waals surface area contributed by atoms with E-state index in [1.807, 2.05) is 13.0 Å². The molecule has 1 N–H and O–H groups in total. The first-order chi connectivity index (χ1) is 16.2. The zero-order valence-corrected chi connectivity index (χ0v) is 21.7. The average Bonchev–Trinajstić information content (AvgIpc) is 3.28. The lowest BCUT2D eigenvalue weighted by Crippen LogP contribution is -2.39. The molecule has 11 heteroatoms. The van der Waals surface area contributed by atoms with Gasteiger partial charge in [-0.05, 0) is 37.5 Å². The van der Waals surface area contributed by atoms with E-state index in [4.69, 9.17) is 12.2 Å². The summed E-state index contributed by atoms with van der Waals surface area (Å²) in [6.07, 6.45) is 7.92. The van der Waals surface area contributed by atoms with Crippen LogP contribution in [0.1, 0.15) is 50.2 Å². The quantitative estimate of drug-likeness (QED) is 0.321. The molecule has 182 valence electrons. The molecule has 4 rings (SSSR count). The first-order valence-corrected chi connectivity index (χ1v) is 14.5. The van der Waals surface area contributed by atoms with Crippen molar-refractivity contribution in [2.24, 2.45) is 0 Å². The number of unbranched alkanes of at least 4 members (excludes halogenated alkanes) is 3. The number of pyridine rings is 1. The predicted molar refractivity (Wildman–Crippen MR) is 141 cm³/mol. The molecule has 1 unspecified atom stereocenters. The summed E-state index contributed by atoms with van der Waals surface area (Å²) in [5, 5.41) is 3.28. The van der Waals surface area contributed by atoms with Gasteiger partial charge in [0.1, 0.15) is 15.8 Å². The molecule has 2 aromatic heterocycles. The molecule has 2 aliphatic rings. The minimum absolute atomic E-state index is 0.0508. The fraction of sp³-hybridized carbons (Fsp3) is 0.478. The molecule has 0 spiro atoms. The van der Waals surface area contributed by atoms with Crippen LogP contribution in [0.25, 0.3) is 11.7 Å². The Morgan fingerprint density at radius 1 is 1.26 bits per heavy atom. The van der Waals surface area contributed by atoms with Crippen molar-refractivity contribution in [1.82, 2.24) is 14.3 Å². The van der Waals surface area contributed by atoms with E-state index in [0.717, 1.165) is 43.0 Å². The van der Waals surface area contributed by atoms with E-state index in [1.165, 1.54) is 9.30 Å². The number of hydrogen-bond donors (Lipinski definition) is 1. The third kappa shape index (κ3) is 5.21. The van der Waals surface area contributed by atoms with Crippen LogP contribution in [0.15, 0.2) is 28.0 Å². The summed E-state index contributed by atoms with van der Waals surface area (Å²) in [7, 11) is -3.17. The summed E-state index contributed by atoms with van der Waals surface area (Å²) >= 11 is 6.51. The monoisotopic (exact) mass is 520 g/mol. The van der Waals surface area contributed by atoms with E-state index in [0.29, 0.717) is 33.7 Å². The summed E-state index contributed by atoms with van der Waals surface area (Å²) < 4.78 is 25.7. The van der Waals surface area contributed by atoms with Crippen LogP contribution in [0.2, 0.25) is 0 Å². The normalized spacial score (nSPS) is 21.2. The van der Waals surface area contributed by atoms with Crippen molar-refractivity contribution in [3.8, 4) is 0 Å². The Hall–Kier alpha value is -2.24. The zero-order valence-electron chi connectivity index (χ0n) is 19.2. The number of nitrogens with zero attached hydrogens (tertiary/aromatic N) is 3. The largest absolute Gasteiger partial charge is 0.369 e. The smallest absolute Gasteiger partial charge is 0.267 e. The van der Waals surface area contributed by atoms with Gasteiger partial charge in [-0.25, -0.2) is 13.4 Å². The number of hydrogen-bond acceptors (Lipinski definition) is 8. The number of rotatable bonds is 8. The van der Waals surface area contributed by atoms with Crippen molar-refractivity contribution in [3.05, 3.63) is 44.7 Å². The van der Waals surface area contributed by atoms with E-state index >= 15 is 0 Å². The maximum Gasteiger partial charge on any atom is 0.267 e. The van der Waals surface area contributed by atoms with Gasteiger partial charge in [-0.1, -0.05) is 56.2 Å². The van der Waals surface area contributed by atoms with Gasteiger partial charge in [0.2, 0.25) is 0 Å². The second-order valence-corrected chi connectivity index (χ2v) is 12.6. The summed E-state index contributed by atoms with van der Waals surface area (Å²) in [6, 6.07) is 3.23. The Bertz CT molecular complexity index is 1330. The molecule has 0 saturated carbocycles. The second-order valence-electron chi connectivity index (χ2n) is 8.71. The van der Waals surface area contributed by atoms with E-state index in [-0.39, 0.29) is 28.5 Å². The second kappa shape index (κ2) is 10.2. The number of amides is 1. The molecule has 34 heavy (non-hydrogen) atoms.